The maximum absolute atomic E-state index is 12.3. The Morgan fingerprint density at radius 2 is 1.79 bits per heavy atom. The van der Waals surface area contributed by atoms with Gasteiger partial charge in [0.2, 0.25) is 5.95 Å². The van der Waals surface area contributed by atoms with Gasteiger partial charge in [-0.05, 0) is 37.0 Å². The van der Waals surface area contributed by atoms with Gasteiger partial charge in [-0.15, -0.1) is 0 Å². The highest BCUT2D eigenvalue weighted by atomic mass is 16.5. The van der Waals surface area contributed by atoms with Crippen LogP contribution in [-0.4, -0.2) is 42.7 Å². The minimum atomic E-state index is -0.0937. The summed E-state index contributed by atoms with van der Waals surface area (Å²) in [5, 5.41) is 6.26. The van der Waals surface area contributed by atoms with Gasteiger partial charge in [-0.1, -0.05) is 25.3 Å². The molecule has 7 heteroatoms. The molecule has 0 spiro atoms. The first-order valence-corrected chi connectivity index (χ1v) is 9.77. The number of carbonyl (C=O) groups is 1. The highest BCUT2D eigenvalue weighted by molar-refractivity contribution is 5.93. The van der Waals surface area contributed by atoms with Crippen LogP contribution in [0.25, 0.3) is 0 Å². The smallest absolute Gasteiger partial charge is 0.254 e. The van der Waals surface area contributed by atoms with Gasteiger partial charge in [-0.25, -0.2) is 9.97 Å². The third kappa shape index (κ3) is 5.34. The Labute approximate surface area is 165 Å². The van der Waals surface area contributed by atoms with E-state index < -0.39 is 0 Å². The van der Waals surface area contributed by atoms with Crippen molar-refractivity contribution in [1.82, 2.24) is 15.3 Å². The van der Waals surface area contributed by atoms with Crippen LogP contribution in [-0.2, 0) is 6.42 Å². The van der Waals surface area contributed by atoms with Crippen LogP contribution in [0.5, 0.6) is 11.5 Å². The van der Waals surface area contributed by atoms with Crippen molar-refractivity contribution in [2.24, 2.45) is 0 Å². The molecule has 1 aliphatic carbocycles. The van der Waals surface area contributed by atoms with Crippen LogP contribution in [0, 0.1) is 0 Å². The van der Waals surface area contributed by atoms with Crippen LogP contribution in [0.2, 0.25) is 0 Å². The number of anilines is 1. The fourth-order valence-electron chi connectivity index (χ4n) is 3.41. The van der Waals surface area contributed by atoms with E-state index in [-0.39, 0.29) is 11.9 Å². The van der Waals surface area contributed by atoms with Crippen molar-refractivity contribution < 1.29 is 14.3 Å². The molecule has 0 saturated heterocycles. The molecule has 2 N–H and O–H groups in total. The Kier molecular flexibility index (Phi) is 7.06. The molecule has 2 aromatic rings. The van der Waals surface area contributed by atoms with E-state index in [9.17, 15) is 4.79 Å². The van der Waals surface area contributed by atoms with E-state index in [1.54, 1.807) is 26.6 Å². The molecular weight excluding hydrogens is 356 g/mol. The Hall–Kier alpha value is -2.83. The SMILES string of the molecule is COc1ccc(CCNc2ncc(C(=O)NC3CCCCC3)cn2)cc1OC. The molecule has 1 fully saturated rings. The Morgan fingerprint density at radius 3 is 2.46 bits per heavy atom. The van der Waals surface area contributed by atoms with Gasteiger partial charge in [0.05, 0.1) is 19.8 Å². The molecule has 0 aliphatic heterocycles. The number of nitrogens with one attached hydrogen (secondary N) is 2. The summed E-state index contributed by atoms with van der Waals surface area (Å²) in [7, 11) is 3.25. The monoisotopic (exact) mass is 384 g/mol. The molecule has 0 bridgehead atoms. The molecule has 1 amide bonds. The lowest BCUT2D eigenvalue weighted by atomic mass is 9.95. The number of aromatic nitrogens is 2. The molecule has 0 radical (unpaired) electrons. The highest BCUT2D eigenvalue weighted by Crippen LogP contribution is 2.27. The molecule has 7 nitrogen and oxygen atoms in total. The summed E-state index contributed by atoms with van der Waals surface area (Å²) >= 11 is 0. The van der Waals surface area contributed by atoms with Crippen LogP contribution < -0.4 is 20.1 Å². The van der Waals surface area contributed by atoms with E-state index in [0.717, 1.165) is 24.8 Å². The van der Waals surface area contributed by atoms with Crippen LogP contribution in [0.1, 0.15) is 48.0 Å². The second-order valence-corrected chi connectivity index (χ2v) is 6.97. The first kappa shape index (κ1) is 19.9. The predicted octanol–water partition coefficient (Wildman–Crippen LogP) is 3.21. The molecule has 0 unspecified atom stereocenters. The van der Waals surface area contributed by atoms with E-state index in [2.05, 4.69) is 20.6 Å². The van der Waals surface area contributed by atoms with Crippen LogP contribution in [0.4, 0.5) is 5.95 Å². The van der Waals surface area contributed by atoms with E-state index in [0.29, 0.717) is 29.6 Å². The predicted molar refractivity (Wildman–Crippen MR) is 108 cm³/mol. The average Bonchev–Trinajstić information content (AvgIpc) is 2.74. The number of carbonyl (C=O) groups excluding carboxylic acids is 1. The number of hydrogen-bond acceptors (Lipinski definition) is 6. The fraction of sp³-hybridized carbons (Fsp3) is 0.476. The molecule has 1 aromatic heterocycles. The van der Waals surface area contributed by atoms with E-state index in [1.807, 2.05) is 18.2 Å². The van der Waals surface area contributed by atoms with Gasteiger partial charge in [-0.2, -0.15) is 0 Å². The van der Waals surface area contributed by atoms with Crippen LogP contribution in [0.15, 0.2) is 30.6 Å². The standard InChI is InChI=1S/C21H28N4O3/c1-27-18-9-8-15(12-19(18)28-2)10-11-22-21-23-13-16(14-24-21)20(26)25-17-6-4-3-5-7-17/h8-9,12-14,17H,3-7,10-11H2,1-2H3,(H,25,26)(H,22,23,24). The number of methoxy groups -OCH3 is 2. The van der Waals surface area contributed by atoms with Crippen molar-refractivity contribution in [3.63, 3.8) is 0 Å². The summed E-state index contributed by atoms with van der Waals surface area (Å²) in [6.45, 7) is 0.670. The molecule has 150 valence electrons. The molecule has 0 atom stereocenters. The second kappa shape index (κ2) is 9.92. The van der Waals surface area contributed by atoms with E-state index in [4.69, 9.17) is 9.47 Å². The molecule has 1 aromatic carbocycles. The van der Waals surface area contributed by atoms with Gasteiger partial charge in [-0.3, -0.25) is 4.79 Å². The van der Waals surface area contributed by atoms with Gasteiger partial charge < -0.3 is 20.1 Å². The molecule has 1 aliphatic rings. The van der Waals surface area contributed by atoms with Crippen LogP contribution >= 0.6 is 0 Å². The number of benzene rings is 1. The molecule has 1 heterocycles. The van der Waals surface area contributed by atoms with Gasteiger partial charge in [0.1, 0.15) is 0 Å². The normalized spacial score (nSPS) is 14.4. The third-order valence-corrected chi connectivity index (χ3v) is 5.00. The topological polar surface area (TPSA) is 85.4 Å². The van der Waals surface area contributed by atoms with Crippen molar-refractivity contribution in [2.45, 2.75) is 44.6 Å². The van der Waals surface area contributed by atoms with Gasteiger partial charge >= 0.3 is 0 Å². The van der Waals surface area contributed by atoms with Crippen molar-refractivity contribution >= 4 is 11.9 Å². The Morgan fingerprint density at radius 1 is 1.07 bits per heavy atom. The lowest BCUT2D eigenvalue weighted by Gasteiger charge is -2.22. The zero-order valence-electron chi connectivity index (χ0n) is 16.5. The minimum Gasteiger partial charge on any atom is -0.493 e. The van der Waals surface area contributed by atoms with Crippen LogP contribution in [0.3, 0.4) is 0 Å². The minimum absolute atomic E-state index is 0.0937. The molecule has 3 rings (SSSR count). The van der Waals surface area contributed by atoms with E-state index >= 15 is 0 Å². The second-order valence-electron chi connectivity index (χ2n) is 6.97. The highest BCUT2D eigenvalue weighted by Gasteiger charge is 2.17. The van der Waals surface area contributed by atoms with Gasteiger partial charge in [0.25, 0.3) is 5.91 Å². The number of hydrogen-bond donors (Lipinski definition) is 2. The fourth-order valence-corrected chi connectivity index (χ4v) is 3.41. The van der Waals surface area contributed by atoms with Gasteiger partial charge in [0.15, 0.2) is 11.5 Å². The Balaban J connectivity index is 1.48. The largest absolute Gasteiger partial charge is 0.493 e. The maximum Gasteiger partial charge on any atom is 0.254 e. The van der Waals surface area contributed by atoms with Crippen molar-refractivity contribution in [1.29, 1.82) is 0 Å². The summed E-state index contributed by atoms with van der Waals surface area (Å²) in [6, 6.07) is 6.13. The molecule has 28 heavy (non-hydrogen) atoms. The summed E-state index contributed by atoms with van der Waals surface area (Å²) in [5.41, 5.74) is 1.62. The number of amides is 1. The lowest BCUT2D eigenvalue weighted by Crippen LogP contribution is -2.36. The summed E-state index contributed by atoms with van der Waals surface area (Å²) in [6.07, 6.45) is 9.68. The third-order valence-electron chi connectivity index (χ3n) is 5.00. The van der Waals surface area contributed by atoms with Crippen molar-refractivity contribution in [3.8, 4) is 11.5 Å². The van der Waals surface area contributed by atoms with Crippen molar-refractivity contribution in [3.05, 3.63) is 41.7 Å². The number of rotatable bonds is 8. The molecular formula is C21H28N4O3. The first-order valence-electron chi connectivity index (χ1n) is 9.77. The summed E-state index contributed by atoms with van der Waals surface area (Å²) < 4.78 is 10.6. The summed E-state index contributed by atoms with van der Waals surface area (Å²) in [4.78, 5) is 20.8. The van der Waals surface area contributed by atoms with Crippen molar-refractivity contribution in [2.75, 3.05) is 26.1 Å². The maximum atomic E-state index is 12.3. The average molecular weight is 384 g/mol. The number of ether oxygens (including phenoxy) is 2. The zero-order valence-corrected chi connectivity index (χ0v) is 16.5. The zero-order chi connectivity index (χ0) is 19.8. The van der Waals surface area contributed by atoms with Gasteiger partial charge in [0, 0.05) is 25.0 Å². The molecule has 1 saturated carbocycles. The van der Waals surface area contributed by atoms with E-state index in [1.165, 1.54) is 19.3 Å². The first-order chi connectivity index (χ1) is 13.7. The number of nitrogens with zero attached hydrogens (tertiary/aromatic N) is 2. The Bertz CT molecular complexity index is 774. The summed E-state index contributed by atoms with van der Waals surface area (Å²) in [5.74, 6) is 1.84. The lowest BCUT2D eigenvalue weighted by molar-refractivity contribution is 0.0927. The quantitative estimate of drug-likeness (QED) is 0.727.